The second kappa shape index (κ2) is 8.67. The Balaban J connectivity index is 2.26. The number of nitrogens with zero attached hydrogens (tertiary/aromatic N) is 1. The van der Waals surface area contributed by atoms with Gasteiger partial charge in [0.25, 0.3) is 15.9 Å². The van der Waals surface area contributed by atoms with Crippen LogP contribution in [0.3, 0.4) is 0 Å². The number of anilines is 1. The molecule has 0 aromatic heterocycles. The molecule has 134 valence electrons. The van der Waals surface area contributed by atoms with Gasteiger partial charge in [0.05, 0.1) is 4.90 Å². The third kappa shape index (κ3) is 5.06. The summed E-state index contributed by atoms with van der Waals surface area (Å²) >= 11 is 0. The van der Waals surface area contributed by atoms with E-state index in [0.717, 1.165) is 12.8 Å². The molecule has 1 amide bonds. The van der Waals surface area contributed by atoms with Crippen molar-refractivity contribution in [3.8, 4) is 0 Å². The molecule has 2 rings (SSSR count). The number of carbonyl (C=O) groups excluding carboxylic acids is 1. The summed E-state index contributed by atoms with van der Waals surface area (Å²) in [6.07, 6.45) is 1.72. The Morgan fingerprint density at radius 3 is 2.20 bits per heavy atom. The molecule has 0 bridgehead atoms. The maximum Gasteiger partial charge on any atom is 0.261 e. The summed E-state index contributed by atoms with van der Waals surface area (Å²) < 4.78 is 27.7. The van der Waals surface area contributed by atoms with Crippen molar-refractivity contribution in [1.82, 2.24) is 4.90 Å². The minimum absolute atomic E-state index is 0.0788. The average molecular weight is 360 g/mol. The first-order chi connectivity index (χ1) is 12.0. The summed E-state index contributed by atoms with van der Waals surface area (Å²) in [6.45, 7) is 5.35. The molecular weight excluding hydrogens is 336 g/mol. The second-order valence-corrected chi connectivity index (χ2v) is 7.47. The maximum atomic E-state index is 12.7. The van der Waals surface area contributed by atoms with Crippen LogP contribution >= 0.6 is 0 Å². The van der Waals surface area contributed by atoms with Gasteiger partial charge < -0.3 is 4.90 Å². The molecule has 5 nitrogen and oxygen atoms in total. The largest absolute Gasteiger partial charge is 0.339 e. The van der Waals surface area contributed by atoms with Crippen LogP contribution < -0.4 is 4.72 Å². The fourth-order valence-corrected chi connectivity index (χ4v) is 3.66. The predicted molar refractivity (Wildman–Crippen MR) is 100 cm³/mol. The van der Waals surface area contributed by atoms with Crippen LogP contribution in [0.1, 0.15) is 37.0 Å². The van der Waals surface area contributed by atoms with Gasteiger partial charge in [-0.3, -0.25) is 9.52 Å². The highest BCUT2D eigenvalue weighted by Crippen LogP contribution is 2.18. The van der Waals surface area contributed by atoms with E-state index in [1.165, 1.54) is 12.1 Å². The smallest absolute Gasteiger partial charge is 0.261 e. The van der Waals surface area contributed by atoms with Gasteiger partial charge in [-0.2, -0.15) is 0 Å². The van der Waals surface area contributed by atoms with E-state index in [0.29, 0.717) is 24.3 Å². The number of para-hydroxylation sites is 1. The first-order valence-corrected chi connectivity index (χ1v) is 9.93. The number of nitrogens with one attached hydrogen (secondary N) is 1. The Labute approximate surface area is 149 Å². The van der Waals surface area contributed by atoms with Crippen molar-refractivity contribution in [2.45, 2.75) is 31.6 Å². The molecule has 0 heterocycles. The third-order valence-corrected chi connectivity index (χ3v) is 5.07. The highest BCUT2D eigenvalue weighted by atomic mass is 32.2. The van der Waals surface area contributed by atoms with E-state index in [-0.39, 0.29) is 10.8 Å². The Kier molecular flexibility index (Phi) is 6.58. The Bertz CT molecular complexity index is 798. The molecule has 0 saturated carbocycles. The molecule has 1 N–H and O–H groups in total. The zero-order chi connectivity index (χ0) is 18.3. The molecule has 0 saturated heterocycles. The minimum Gasteiger partial charge on any atom is -0.339 e. The van der Waals surface area contributed by atoms with E-state index in [9.17, 15) is 13.2 Å². The molecule has 0 aliphatic carbocycles. The zero-order valence-electron chi connectivity index (χ0n) is 14.6. The molecule has 0 atom stereocenters. The normalized spacial score (nSPS) is 11.1. The van der Waals surface area contributed by atoms with Crippen LogP contribution in [0, 0.1) is 0 Å². The van der Waals surface area contributed by atoms with Gasteiger partial charge in [0.2, 0.25) is 0 Å². The quantitative estimate of drug-likeness (QED) is 0.780. The van der Waals surface area contributed by atoms with Crippen molar-refractivity contribution >= 4 is 21.6 Å². The lowest BCUT2D eigenvalue weighted by Gasteiger charge is -2.21. The average Bonchev–Trinajstić information content (AvgIpc) is 2.61. The zero-order valence-corrected chi connectivity index (χ0v) is 15.4. The molecule has 0 radical (unpaired) electrons. The monoisotopic (exact) mass is 360 g/mol. The number of hydrogen-bond acceptors (Lipinski definition) is 3. The highest BCUT2D eigenvalue weighted by molar-refractivity contribution is 7.92. The molecule has 0 aliphatic heterocycles. The number of hydrogen-bond donors (Lipinski definition) is 1. The van der Waals surface area contributed by atoms with Crippen molar-refractivity contribution in [3.63, 3.8) is 0 Å². The lowest BCUT2D eigenvalue weighted by atomic mass is 10.2. The van der Waals surface area contributed by atoms with Crippen LogP contribution in [0.2, 0.25) is 0 Å². The van der Waals surface area contributed by atoms with Gasteiger partial charge in [-0.15, -0.1) is 0 Å². The van der Waals surface area contributed by atoms with Crippen LogP contribution in [0.25, 0.3) is 0 Å². The van der Waals surface area contributed by atoms with Gasteiger partial charge in [-0.05, 0) is 43.2 Å². The van der Waals surface area contributed by atoms with Gasteiger partial charge in [0, 0.05) is 24.3 Å². The van der Waals surface area contributed by atoms with E-state index in [1.54, 1.807) is 41.3 Å². The molecule has 0 spiro atoms. The van der Waals surface area contributed by atoms with Crippen molar-refractivity contribution in [3.05, 3.63) is 60.2 Å². The summed E-state index contributed by atoms with van der Waals surface area (Å²) in [6, 6.07) is 14.9. The fourth-order valence-electron chi connectivity index (χ4n) is 2.55. The summed E-state index contributed by atoms with van der Waals surface area (Å²) in [5.74, 6) is -0.138. The molecule has 0 unspecified atom stereocenters. The van der Waals surface area contributed by atoms with Crippen molar-refractivity contribution < 1.29 is 13.2 Å². The molecule has 2 aromatic carbocycles. The van der Waals surface area contributed by atoms with Crippen LogP contribution in [0.4, 0.5) is 5.69 Å². The summed E-state index contributed by atoms with van der Waals surface area (Å²) in [4.78, 5) is 14.5. The van der Waals surface area contributed by atoms with E-state index in [2.05, 4.69) is 4.72 Å². The topological polar surface area (TPSA) is 66.5 Å². The van der Waals surface area contributed by atoms with Crippen LogP contribution in [0.15, 0.2) is 59.5 Å². The van der Waals surface area contributed by atoms with Crippen molar-refractivity contribution in [1.29, 1.82) is 0 Å². The molecule has 0 aliphatic rings. The third-order valence-electron chi connectivity index (χ3n) is 3.69. The van der Waals surface area contributed by atoms with E-state index >= 15 is 0 Å². The maximum absolute atomic E-state index is 12.7. The van der Waals surface area contributed by atoms with Gasteiger partial charge in [-0.1, -0.05) is 38.1 Å². The van der Waals surface area contributed by atoms with Crippen molar-refractivity contribution in [2.75, 3.05) is 17.8 Å². The SMILES string of the molecule is CCCN(CCC)C(=O)c1cccc(S(=O)(=O)Nc2ccccc2)c1. The number of benzene rings is 2. The van der Waals surface area contributed by atoms with Gasteiger partial charge in [-0.25, -0.2) is 8.42 Å². The first-order valence-electron chi connectivity index (χ1n) is 8.45. The van der Waals surface area contributed by atoms with Crippen LogP contribution in [-0.4, -0.2) is 32.3 Å². The van der Waals surface area contributed by atoms with E-state index in [1.807, 2.05) is 19.9 Å². The summed E-state index contributed by atoms with van der Waals surface area (Å²) in [5.41, 5.74) is 0.871. The lowest BCUT2D eigenvalue weighted by molar-refractivity contribution is 0.0755. The van der Waals surface area contributed by atoms with Gasteiger partial charge >= 0.3 is 0 Å². The Morgan fingerprint density at radius 2 is 1.60 bits per heavy atom. The molecule has 6 heteroatoms. The van der Waals surface area contributed by atoms with Gasteiger partial charge in [0.15, 0.2) is 0 Å². The Hall–Kier alpha value is -2.34. The number of rotatable bonds is 8. The summed E-state index contributed by atoms with van der Waals surface area (Å²) in [5, 5.41) is 0. The number of sulfonamides is 1. The van der Waals surface area contributed by atoms with Crippen molar-refractivity contribution in [2.24, 2.45) is 0 Å². The standard InChI is InChI=1S/C19H24N2O3S/c1-3-13-21(14-4-2)19(22)16-9-8-12-18(15-16)25(23,24)20-17-10-6-5-7-11-17/h5-12,15,20H,3-4,13-14H2,1-2H3. The number of amides is 1. The molecular formula is C19H24N2O3S. The minimum atomic E-state index is -3.74. The summed E-state index contributed by atoms with van der Waals surface area (Å²) in [7, 11) is -3.74. The van der Waals surface area contributed by atoms with Crippen LogP contribution in [0.5, 0.6) is 0 Å². The molecule has 0 fully saturated rings. The van der Waals surface area contributed by atoms with Gasteiger partial charge in [0.1, 0.15) is 0 Å². The predicted octanol–water partition coefficient (Wildman–Crippen LogP) is 3.75. The fraction of sp³-hybridized carbons (Fsp3) is 0.316. The molecule has 2 aromatic rings. The molecule has 25 heavy (non-hydrogen) atoms. The highest BCUT2D eigenvalue weighted by Gasteiger charge is 2.19. The van der Waals surface area contributed by atoms with Crippen LogP contribution in [-0.2, 0) is 10.0 Å². The Morgan fingerprint density at radius 1 is 0.960 bits per heavy atom. The lowest BCUT2D eigenvalue weighted by Crippen LogP contribution is -2.32. The van der Waals surface area contributed by atoms with E-state index in [4.69, 9.17) is 0 Å². The second-order valence-electron chi connectivity index (χ2n) is 5.79. The first kappa shape index (κ1) is 19.0. The van der Waals surface area contributed by atoms with E-state index < -0.39 is 10.0 Å². The number of carbonyl (C=O) groups is 1.